The molecular weight excluding hydrogens is 262 g/mol. The molecule has 1 fully saturated rings. The SMILES string of the molecule is CCn1c(C2CCCC2C)nnc1S(=O)(=O)Cl. The molecule has 1 aromatic rings. The molecule has 0 N–H and O–H groups in total. The molecule has 96 valence electrons. The molecule has 0 aromatic carbocycles. The fourth-order valence-electron chi connectivity index (χ4n) is 2.58. The number of halogens is 1. The molecule has 7 heteroatoms. The third kappa shape index (κ3) is 2.33. The molecule has 1 aliphatic rings. The molecule has 0 spiro atoms. The lowest BCUT2D eigenvalue weighted by atomic mass is 9.97. The quantitative estimate of drug-likeness (QED) is 0.794. The van der Waals surface area contributed by atoms with Crippen molar-refractivity contribution in [3.05, 3.63) is 5.82 Å². The maximum Gasteiger partial charge on any atom is 0.296 e. The molecule has 0 bridgehead atoms. The van der Waals surface area contributed by atoms with Crippen molar-refractivity contribution in [1.82, 2.24) is 14.8 Å². The van der Waals surface area contributed by atoms with Gasteiger partial charge in [0.15, 0.2) is 0 Å². The number of rotatable bonds is 3. The molecule has 2 rings (SSSR count). The number of nitrogens with zero attached hydrogens (tertiary/aromatic N) is 3. The van der Waals surface area contributed by atoms with Crippen molar-refractivity contribution < 1.29 is 8.42 Å². The van der Waals surface area contributed by atoms with Gasteiger partial charge >= 0.3 is 0 Å². The molecule has 2 unspecified atom stereocenters. The van der Waals surface area contributed by atoms with Gasteiger partial charge < -0.3 is 4.57 Å². The lowest BCUT2D eigenvalue weighted by molar-refractivity contribution is 0.477. The van der Waals surface area contributed by atoms with Crippen LogP contribution in [0.1, 0.15) is 44.9 Å². The lowest BCUT2D eigenvalue weighted by Crippen LogP contribution is -2.13. The van der Waals surface area contributed by atoms with E-state index in [0.29, 0.717) is 18.4 Å². The van der Waals surface area contributed by atoms with Gasteiger partial charge in [-0.2, -0.15) is 0 Å². The molecular formula is C10H16ClN3O2S. The highest BCUT2D eigenvalue weighted by Gasteiger charge is 2.32. The molecule has 0 saturated heterocycles. The van der Waals surface area contributed by atoms with E-state index in [1.165, 1.54) is 0 Å². The van der Waals surface area contributed by atoms with Gasteiger partial charge in [-0.05, 0) is 25.7 Å². The Kier molecular flexibility index (Phi) is 3.45. The predicted octanol–water partition coefficient (Wildman–Crippen LogP) is 2.13. The van der Waals surface area contributed by atoms with Crippen LogP contribution < -0.4 is 0 Å². The van der Waals surface area contributed by atoms with Gasteiger partial charge in [0.05, 0.1) is 0 Å². The van der Waals surface area contributed by atoms with Crippen LogP contribution in [0.4, 0.5) is 0 Å². The van der Waals surface area contributed by atoms with Gasteiger partial charge in [0.1, 0.15) is 5.82 Å². The summed E-state index contributed by atoms with van der Waals surface area (Å²) in [5.74, 6) is 1.58. The zero-order valence-electron chi connectivity index (χ0n) is 9.93. The molecule has 1 heterocycles. The standard InChI is InChI=1S/C10H16ClN3O2S/c1-3-14-9(8-6-4-5-7(8)2)12-13-10(14)17(11,15)16/h7-8H,3-6H2,1-2H3. The minimum atomic E-state index is -3.81. The van der Waals surface area contributed by atoms with Crippen LogP contribution in [0, 0.1) is 5.92 Å². The molecule has 1 aliphatic carbocycles. The zero-order chi connectivity index (χ0) is 12.6. The van der Waals surface area contributed by atoms with E-state index < -0.39 is 9.05 Å². The molecule has 0 aliphatic heterocycles. The first-order chi connectivity index (χ1) is 7.95. The fraction of sp³-hybridized carbons (Fsp3) is 0.800. The minimum Gasteiger partial charge on any atom is -0.301 e. The van der Waals surface area contributed by atoms with Gasteiger partial charge in [0, 0.05) is 23.1 Å². The fourth-order valence-corrected chi connectivity index (χ4v) is 3.55. The second kappa shape index (κ2) is 4.57. The van der Waals surface area contributed by atoms with Crippen molar-refractivity contribution in [3.8, 4) is 0 Å². The Morgan fingerprint density at radius 3 is 2.59 bits per heavy atom. The first-order valence-electron chi connectivity index (χ1n) is 5.83. The van der Waals surface area contributed by atoms with Crippen LogP contribution in [0.5, 0.6) is 0 Å². The second-order valence-corrected chi connectivity index (χ2v) is 7.00. The van der Waals surface area contributed by atoms with Gasteiger partial charge in [-0.15, -0.1) is 10.2 Å². The summed E-state index contributed by atoms with van der Waals surface area (Å²) in [7, 11) is 1.54. The minimum absolute atomic E-state index is 0.129. The van der Waals surface area contributed by atoms with Crippen LogP contribution in [0.15, 0.2) is 5.16 Å². The van der Waals surface area contributed by atoms with Crippen molar-refractivity contribution in [2.24, 2.45) is 5.92 Å². The van der Waals surface area contributed by atoms with E-state index in [1.807, 2.05) is 6.92 Å². The predicted molar refractivity (Wildman–Crippen MR) is 64.5 cm³/mol. The number of hydrogen-bond donors (Lipinski definition) is 0. The highest BCUT2D eigenvalue weighted by Crippen LogP contribution is 2.38. The summed E-state index contributed by atoms with van der Waals surface area (Å²) >= 11 is 0. The topological polar surface area (TPSA) is 64.8 Å². The Morgan fingerprint density at radius 2 is 2.12 bits per heavy atom. The van der Waals surface area contributed by atoms with Crippen LogP contribution in [0.2, 0.25) is 0 Å². The highest BCUT2D eigenvalue weighted by molar-refractivity contribution is 8.13. The molecule has 1 aromatic heterocycles. The van der Waals surface area contributed by atoms with Gasteiger partial charge in [-0.25, -0.2) is 8.42 Å². The van der Waals surface area contributed by atoms with Gasteiger partial charge in [-0.1, -0.05) is 13.3 Å². The summed E-state index contributed by atoms with van der Waals surface area (Å²) in [5, 5.41) is 7.64. The summed E-state index contributed by atoms with van der Waals surface area (Å²) in [5.41, 5.74) is 0. The van der Waals surface area contributed by atoms with Crippen molar-refractivity contribution in [3.63, 3.8) is 0 Å². The molecule has 2 atom stereocenters. The first-order valence-corrected chi connectivity index (χ1v) is 8.13. The molecule has 17 heavy (non-hydrogen) atoms. The number of hydrogen-bond acceptors (Lipinski definition) is 4. The third-order valence-corrected chi connectivity index (χ3v) is 4.63. The average molecular weight is 278 g/mol. The first kappa shape index (κ1) is 12.8. The van der Waals surface area contributed by atoms with E-state index >= 15 is 0 Å². The summed E-state index contributed by atoms with van der Waals surface area (Å²) < 4.78 is 24.3. The smallest absolute Gasteiger partial charge is 0.296 e. The Balaban J connectivity index is 2.46. The Bertz CT molecular complexity index is 512. The molecule has 5 nitrogen and oxygen atoms in total. The molecule has 0 radical (unpaired) electrons. The molecule has 1 saturated carbocycles. The normalized spacial score (nSPS) is 25.4. The third-order valence-electron chi connectivity index (χ3n) is 3.47. The Labute approximate surface area is 106 Å². The summed E-state index contributed by atoms with van der Waals surface area (Å²) in [6.45, 7) is 4.56. The van der Waals surface area contributed by atoms with E-state index in [9.17, 15) is 8.42 Å². The zero-order valence-corrected chi connectivity index (χ0v) is 11.5. The van der Waals surface area contributed by atoms with E-state index in [0.717, 1.165) is 25.1 Å². The Morgan fingerprint density at radius 1 is 1.41 bits per heavy atom. The van der Waals surface area contributed by atoms with Gasteiger partial charge in [0.2, 0.25) is 0 Å². The van der Waals surface area contributed by atoms with E-state index in [-0.39, 0.29) is 5.16 Å². The summed E-state index contributed by atoms with van der Waals surface area (Å²) in [6.07, 6.45) is 3.36. The van der Waals surface area contributed by atoms with Crippen molar-refractivity contribution >= 4 is 19.7 Å². The maximum absolute atomic E-state index is 11.4. The molecule has 0 amide bonds. The van der Waals surface area contributed by atoms with E-state index in [2.05, 4.69) is 17.1 Å². The largest absolute Gasteiger partial charge is 0.301 e. The van der Waals surface area contributed by atoms with Crippen LogP contribution in [-0.2, 0) is 15.6 Å². The average Bonchev–Trinajstić information content (AvgIpc) is 2.81. The van der Waals surface area contributed by atoms with Gasteiger partial charge in [-0.3, -0.25) is 0 Å². The van der Waals surface area contributed by atoms with Crippen LogP contribution in [-0.4, -0.2) is 23.2 Å². The van der Waals surface area contributed by atoms with Crippen molar-refractivity contribution in [2.45, 2.75) is 50.7 Å². The van der Waals surface area contributed by atoms with Crippen LogP contribution in [0.3, 0.4) is 0 Å². The lowest BCUT2D eigenvalue weighted by Gasteiger charge is -2.15. The van der Waals surface area contributed by atoms with Crippen LogP contribution >= 0.6 is 10.7 Å². The van der Waals surface area contributed by atoms with E-state index in [4.69, 9.17) is 10.7 Å². The Hall–Kier alpha value is -0.620. The van der Waals surface area contributed by atoms with Crippen molar-refractivity contribution in [1.29, 1.82) is 0 Å². The monoisotopic (exact) mass is 277 g/mol. The maximum atomic E-state index is 11.4. The summed E-state index contributed by atoms with van der Waals surface area (Å²) in [6, 6.07) is 0. The van der Waals surface area contributed by atoms with Crippen molar-refractivity contribution in [2.75, 3.05) is 0 Å². The second-order valence-electron chi connectivity index (χ2n) is 4.54. The van der Waals surface area contributed by atoms with E-state index in [1.54, 1.807) is 4.57 Å². The highest BCUT2D eigenvalue weighted by atomic mass is 35.7. The van der Waals surface area contributed by atoms with Crippen LogP contribution in [0.25, 0.3) is 0 Å². The van der Waals surface area contributed by atoms with Gasteiger partial charge in [0.25, 0.3) is 14.2 Å². The number of aromatic nitrogens is 3. The summed E-state index contributed by atoms with van der Waals surface area (Å²) in [4.78, 5) is 0.